The summed E-state index contributed by atoms with van der Waals surface area (Å²) in [4.78, 5) is 2.95. The van der Waals surface area contributed by atoms with Crippen LogP contribution in [0, 0.1) is 0 Å². The standard InChI is InChI=1S/2C13H9S.C2H6Si.Zr/c2*1-2-5-11-9-12(8-10(11)4-1)13-6-3-7-14-13;1-3-2;/h2*1-9H;1-2H3;. The molecular weight excluding hydrogens is 520 g/mol. The van der Waals surface area contributed by atoms with E-state index in [2.05, 4.69) is 109 Å². The van der Waals surface area contributed by atoms with Crippen molar-refractivity contribution in [2.75, 3.05) is 0 Å². The molecule has 6 rings (SSSR count). The molecule has 4 aromatic rings. The molecule has 2 aliphatic rings. The van der Waals surface area contributed by atoms with Crippen molar-refractivity contribution in [1.82, 2.24) is 0 Å². The van der Waals surface area contributed by atoms with E-state index in [1.165, 1.54) is 20.9 Å². The van der Waals surface area contributed by atoms with Crippen LogP contribution in [0.5, 0.6) is 0 Å². The van der Waals surface area contributed by atoms with E-state index in [1.54, 1.807) is 22.3 Å². The van der Waals surface area contributed by atoms with Gasteiger partial charge in [0.05, 0.1) is 0 Å². The molecule has 0 aliphatic heterocycles. The Bertz CT molecular complexity index is 1290. The van der Waals surface area contributed by atoms with Crippen molar-refractivity contribution in [1.29, 1.82) is 0 Å². The normalized spacial score (nSPS) is 18.7. The average molecular weight is 544 g/mol. The molecule has 0 N–H and O–H groups in total. The van der Waals surface area contributed by atoms with Crippen LogP contribution in [0.3, 0.4) is 0 Å². The van der Waals surface area contributed by atoms with Gasteiger partial charge in [-0.05, 0) is 0 Å². The van der Waals surface area contributed by atoms with Gasteiger partial charge in [0.1, 0.15) is 0 Å². The zero-order chi connectivity index (χ0) is 21.7. The molecule has 2 aromatic carbocycles. The third-order valence-corrected chi connectivity index (χ3v) is 27.7. The fourth-order valence-electron chi connectivity index (χ4n) is 5.37. The summed E-state index contributed by atoms with van der Waals surface area (Å²) in [6.07, 6.45) is 5.04. The van der Waals surface area contributed by atoms with Crippen LogP contribution in [0.25, 0.3) is 23.3 Å². The van der Waals surface area contributed by atoms with Crippen molar-refractivity contribution in [2.45, 2.75) is 20.3 Å². The van der Waals surface area contributed by atoms with Gasteiger partial charge in [-0.3, -0.25) is 0 Å². The van der Waals surface area contributed by atoms with Gasteiger partial charge in [-0.25, -0.2) is 0 Å². The zero-order valence-electron chi connectivity index (χ0n) is 18.2. The van der Waals surface area contributed by atoms with E-state index in [0.717, 1.165) is 0 Å². The van der Waals surface area contributed by atoms with Gasteiger partial charge >= 0.3 is 208 Å². The quantitative estimate of drug-likeness (QED) is 0.226. The predicted molar refractivity (Wildman–Crippen MR) is 140 cm³/mol. The van der Waals surface area contributed by atoms with E-state index in [-0.39, 0.29) is 0 Å². The van der Waals surface area contributed by atoms with Crippen molar-refractivity contribution < 1.29 is 20.4 Å². The topological polar surface area (TPSA) is 0 Å². The molecule has 0 amide bonds. The third kappa shape index (κ3) is 3.47. The Balaban J connectivity index is 1.58. The molecular formula is C28H24S2SiZr. The van der Waals surface area contributed by atoms with Crippen molar-refractivity contribution in [3.63, 3.8) is 0 Å². The molecule has 0 spiro atoms. The fraction of sp³-hybridized carbons (Fsp3) is 0.143. The molecule has 0 nitrogen and oxygen atoms in total. The van der Waals surface area contributed by atoms with Crippen LogP contribution in [0.15, 0.2) is 83.6 Å². The van der Waals surface area contributed by atoms with Gasteiger partial charge in [0.25, 0.3) is 0 Å². The molecule has 2 unspecified atom stereocenters. The van der Waals surface area contributed by atoms with Gasteiger partial charge in [0.15, 0.2) is 0 Å². The van der Waals surface area contributed by atoms with Gasteiger partial charge < -0.3 is 0 Å². The monoisotopic (exact) mass is 542 g/mol. The Labute approximate surface area is 206 Å². The number of fused-ring (bicyclic) bond motifs is 2. The molecule has 0 radical (unpaired) electrons. The molecule has 2 heterocycles. The van der Waals surface area contributed by atoms with Crippen LogP contribution in [-0.2, 0) is 20.4 Å². The van der Waals surface area contributed by atoms with E-state index >= 15 is 0 Å². The van der Waals surface area contributed by atoms with E-state index in [1.807, 2.05) is 22.7 Å². The van der Waals surface area contributed by atoms with Gasteiger partial charge in [-0.2, -0.15) is 0 Å². The summed E-state index contributed by atoms with van der Waals surface area (Å²) in [6, 6.07) is 27.6. The zero-order valence-corrected chi connectivity index (χ0v) is 23.3. The molecule has 32 heavy (non-hydrogen) atoms. The molecule has 2 aromatic heterocycles. The second-order valence-corrected chi connectivity index (χ2v) is 28.5. The number of benzene rings is 2. The van der Waals surface area contributed by atoms with Gasteiger partial charge in [0, 0.05) is 0 Å². The number of thiophene rings is 2. The Morgan fingerprint density at radius 2 is 1.09 bits per heavy atom. The first-order valence-corrected chi connectivity index (χ1v) is 21.9. The van der Waals surface area contributed by atoms with Crippen molar-refractivity contribution in [3.05, 3.63) is 116 Å². The van der Waals surface area contributed by atoms with Gasteiger partial charge in [0.2, 0.25) is 0 Å². The van der Waals surface area contributed by atoms with E-state index in [4.69, 9.17) is 0 Å². The average Bonchev–Trinajstić information content (AvgIpc) is 3.59. The molecule has 2 aliphatic carbocycles. The first-order chi connectivity index (χ1) is 15.7. The summed E-state index contributed by atoms with van der Waals surface area (Å²) in [5.41, 5.74) is 8.89. The number of hydrogen-bond acceptors (Lipinski definition) is 2. The Kier molecular flexibility index (Phi) is 5.67. The molecule has 0 saturated carbocycles. The van der Waals surface area contributed by atoms with Crippen LogP contribution in [-0.4, -0.2) is 5.43 Å². The minimum absolute atomic E-state index is 0.443. The van der Waals surface area contributed by atoms with E-state index < -0.39 is 25.8 Å². The van der Waals surface area contributed by atoms with Crippen LogP contribution in [0.4, 0.5) is 0 Å². The van der Waals surface area contributed by atoms with Crippen molar-refractivity contribution in [2.24, 2.45) is 0 Å². The molecule has 156 valence electrons. The van der Waals surface area contributed by atoms with Gasteiger partial charge in [-0.1, -0.05) is 0 Å². The maximum atomic E-state index is 2.61. The third-order valence-electron chi connectivity index (χ3n) is 6.67. The predicted octanol–water partition coefficient (Wildman–Crippen LogP) is 8.57. The summed E-state index contributed by atoms with van der Waals surface area (Å²) < 4.78 is 1.27. The summed E-state index contributed by atoms with van der Waals surface area (Å²) in [5.74, 6) is 0. The van der Waals surface area contributed by atoms with Crippen LogP contribution in [0.1, 0.15) is 39.3 Å². The molecule has 4 heteroatoms. The second kappa shape index (κ2) is 8.65. The first-order valence-electron chi connectivity index (χ1n) is 11.1. The number of hydrogen-bond donors (Lipinski definition) is 0. The summed E-state index contributed by atoms with van der Waals surface area (Å²) in [6.45, 7) is 5.22. The fourth-order valence-corrected chi connectivity index (χ4v) is 27.4. The van der Waals surface area contributed by atoms with Crippen LogP contribution in [0.2, 0.25) is 13.1 Å². The number of rotatable bonds is 4. The van der Waals surface area contributed by atoms with Gasteiger partial charge in [-0.15, -0.1) is 0 Å². The van der Waals surface area contributed by atoms with Crippen LogP contribution >= 0.6 is 22.7 Å². The first kappa shape index (κ1) is 21.0. The summed E-state index contributed by atoms with van der Waals surface area (Å²) in [5, 5.41) is 4.48. The Morgan fingerprint density at radius 3 is 1.50 bits per heavy atom. The Hall–Kier alpha value is -1.58. The molecule has 2 atom stereocenters. The second-order valence-electron chi connectivity index (χ2n) is 8.73. The van der Waals surface area contributed by atoms with Crippen molar-refractivity contribution >= 4 is 51.4 Å². The maximum absolute atomic E-state index is 2.61. The van der Waals surface area contributed by atoms with E-state index in [9.17, 15) is 0 Å². The molecule has 0 bridgehead atoms. The summed E-state index contributed by atoms with van der Waals surface area (Å²) >= 11 is 1.73. The van der Waals surface area contributed by atoms with Crippen molar-refractivity contribution in [3.8, 4) is 0 Å². The number of allylic oxidation sites excluding steroid dienone is 2. The summed E-state index contributed by atoms with van der Waals surface area (Å²) in [7, 11) is 0. The minimum atomic E-state index is -2.10. The molecule has 0 saturated heterocycles. The van der Waals surface area contributed by atoms with Crippen LogP contribution < -0.4 is 0 Å². The Morgan fingerprint density at radius 1 is 0.625 bits per heavy atom. The molecule has 0 fully saturated rings. The van der Waals surface area contributed by atoms with E-state index in [0.29, 0.717) is 7.25 Å². The SMILES string of the molecule is C[Si](C)=[Zr]([CH]1C(c2cccs2)=Cc2ccccc21)[CH]1C(c2cccs2)=Cc2ccccc21.